The van der Waals surface area contributed by atoms with E-state index in [2.05, 4.69) is 23.6 Å². The molecule has 0 saturated carbocycles. The van der Waals surface area contributed by atoms with Crippen LogP contribution < -0.4 is 5.76 Å². The Bertz CT molecular complexity index is 967. The molecular weight excluding hydrogens is 368 g/mol. The topological polar surface area (TPSA) is 79.0 Å². The van der Waals surface area contributed by atoms with Crippen molar-refractivity contribution in [3.05, 3.63) is 28.7 Å². The molecule has 0 radical (unpaired) electrons. The van der Waals surface area contributed by atoms with Crippen molar-refractivity contribution >= 4 is 21.1 Å². The van der Waals surface area contributed by atoms with Crippen LogP contribution in [-0.4, -0.2) is 79.4 Å². The summed E-state index contributed by atoms with van der Waals surface area (Å²) in [4.78, 5) is 16.3. The van der Waals surface area contributed by atoms with E-state index in [0.29, 0.717) is 18.6 Å². The van der Waals surface area contributed by atoms with E-state index in [4.69, 9.17) is 4.42 Å². The number of sulfonamides is 1. The summed E-state index contributed by atoms with van der Waals surface area (Å²) in [5.74, 6) is -0.503. The monoisotopic (exact) mass is 396 g/mol. The van der Waals surface area contributed by atoms with E-state index in [1.165, 1.54) is 14.9 Å². The van der Waals surface area contributed by atoms with Gasteiger partial charge in [0.1, 0.15) is 0 Å². The third kappa shape index (κ3) is 3.82. The van der Waals surface area contributed by atoms with Crippen molar-refractivity contribution in [3.63, 3.8) is 0 Å². The van der Waals surface area contributed by atoms with Crippen LogP contribution in [0.1, 0.15) is 13.8 Å². The fourth-order valence-corrected chi connectivity index (χ4v) is 5.30. The smallest absolute Gasteiger partial charge is 0.408 e. The summed E-state index contributed by atoms with van der Waals surface area (Å²) in [6.07, 6.45) is 0. The van der Waals surface area contributed by atoms with E-state index in [9.17, 15) is 13.2 Å². The van der Waals surface area contributed by atoms with Gasteiger partial charge < -0.3 is 9.32 Å². The van der Waals surface area contributed by atoms with Crippen LogP contribution in [0.5, 0.6) is 0 Å². The Kier molecular flexibility index (Phi) is 5.49. The molecular formula is C18H28N4O4S. The fourth-order valence-electron chi connectivity index (χ4n) is 3.68. The maximum absolute atomic E-state index is 13.2. The fraction of sp³-hybridized carbons (Fsp3) is 0.611. The number of aryl methyl sites for hydroxylation is 1. The van der Waals surface area contributed by atoms with Crippen molar-refractivity contribution in [2.24, 2.45) is 7.05 Å². The van der Waals surface area contributed by atoms with E-state index in [0.717, 1.165) is 13.1 Å². The summed E-state index contributed by atoms with van der Waals surface area (Å²) in [6.45, 7) is 6.85. The van der Waals surface area contributed by atoms with Crippen molar-refractivity contribution in [1.82, 2.24) is 18.7 Å². The van der Waals surface area contributed by atoms with Gasteiger partial charge in [-0.3, -0.25) is 9.47 Å². The molecule has 1 fully saturated rings. The lowest BCUT2D eigenvalue weighted by Gasteiger charge is -2.44. The van der Waals surface area contributed by atoms with Gasteiger partial charge in [-0.1, -0.05) is 0 Å². The maximum atomic E-state index is 13.2. The van der Waals surface area contributed by atoms with E-state index in [1.54, 1.807) is 19.2 Å². The van der Waals surface area contributed by atoms with Crippen LogP contribution in [0.25, 0.3) is 11.1 Å². The summed E-state index contributed by atoms with van der Waals surface area (Å²) in [6, 6.07) is 4.86. The Balaban J connectivity index is 1.84. The Morgan fingerprint density at radius 2 is 1.81 bits per heavy atom. The van der Waals surface area contributed by atoms with Crippen molar-refractivity contribution in [1.29, 1.82) is 0 Å². The number of aromatic nitrogens is 1. The Morgan fingerprint density at radius 3 is 2.41 bits per heavy atom. The molecule has 27 heavy (non-hydrogen) atoms. The molecule has 0 N–H and O–H groups in total. The molecule has 0 spiro atoms. The third-order valence-electron chi connectivity index (χ3n) is 5.27. The van der Waals surface area contributed by atoms with Crippen molar-refractivity contribution in [2.45, 2.75) is 30.8 Å². The van der Waals surface area contributed by atoms with Gasteiger partial charge in [0.2, 0.25) is 10.0 Å². The quantitative estimate of drug-likeness (QED) is 0.743. The van der Waals surface area contributed by atoms with Crippen LogP contribution >= 0.6 is 0 Å². The van der Waals surface area contributed by atoms with Crippen molar-refractivity contribution < 1.29 is 12.8 Å². The average molecular weight is 397 g/mol. The van der Waals surface area contributed by atoms with Crippen LogP contribution in [-0.2, 0) is 17.1 Å². The van der Waals surface area contributed by atoms with Crippen molar-refractivity contribution in [2.75, 3.05) is 40.3 Å². The number of nitrogens with zero attached hydrogens (tertiary/aromatic N) is 4. The highest BCUT2D eigenvalue weighted by Crippen LogP contribution is 2.25. The third-order valence-corrected chi connectivity index (χ3v) is 7.10. The van der Waals surface area contributed by atoms with Gasteiger partial charge in [0.15, 0.2) is 5.58 Å². The van der Waals surface area contributed by atoms with Crippen LogP contribution in [0, 0.1) is 0 Å². The zero-order valence-corrected chi connectivity index (χ0v) is 17.4. The van der Waals surface area contributed by atoms with Crippen LogP contribution in [0.2, 0.25) is 0 Å². The molecule has 0 aliphatic carbocycles. The molecule has 2 atom stereocenters. The minimum Gasteiger partial charge on any atom is -0.408 e. The number of hydrogen-bond acceptors (Lipinski definition) is 6. The first-order valence-corrected chi connectivity index (χ1v) is 10.6. The molecule has 1 aliphatic heterocycles. The first-order chi connectivity index (χ1) is 12.6. The minimum absolute atomic E-state index is 0.127. The summed E-state index contributed by atoms with van der Waals surface area (Å²) < 4.78 is 34.4. The van der Waals surface area contributed by atoms with Gasteiger partial charge in [0, 0.05) is 51.4 Å². The molecule has 2 aromatic rings. The predicted molar refractivity (Wildman–Crippen MR) is 104 cm³/mol. The number of hydrogen-bond donors (Lipinski definition) is 0. The van der Waals surface area contributed by atoms with Gasteiger partial charge in [0.05, 0.1) is 10.4 Å². The molecule has 2 unspecified atom stereocenters. The molecule has 0 bridgehead atoms. The highest BCUT2D eigenvalue weighted by Gasteiger charge is 2.36. The Morgan fingerprint density at radius 1 is 1.19 bits per heavy atom. The van der Waals surface area contributed by atoms with Gasteiger partial charge >= 0.3 is 5.76 Å². The predicted octanol–water partition coefficient (Wildman–Crippen LogP) is 0.776. The maximum Gasteiger partial charge on any atom is 0.419 e. The van der Waals surface area contributed by atoms with Gasteiger partial charge in [-0.15, -0.1) is 0 Å². The second-order valence-electron chi connectivity index (χ2n) is 7.62. The van der Waals surface area contributed by atoms with Gasteiger partial charge in [-0.05, 0) is 40.1 Å². The van der Waals surface area contributed by atoms with E-state index < -0.39 is 15.8 Å². The highest BCUT2D eigenvalue weighted by molar-refractivity contribution is 7.89. The average Bonchev–Trinajstić information content (AvgIpc) is 2.87. The van der Waals surface area contributed by atoms with E-state index in [1.807, 2.05) is 14.1 Å². The zero-order chi connectivity index (χ0) is 19.9. The number of piperazine rings is 1. The van der Waals surface area contributed by atoms with Gasteiger partial charge in [-0.25, -0.2) is 13.2 Å². The lowest BCUT2D eigenvalue weighted by atomic mass is 10.1. The molecule has 1 aromatic carbocycles. The lowest BCUT2D eigenvalue weighted by Crippen LogP contribution is -2.58. The number of fused-ring (bicyclic) bond motifs is 1. The number of likely N-dealkylation sites (N-methyl/N-ethyl adjacent to an activating group) is 1. The zero-order valence-electron chi connectivity index (χ0n) is 16.5. The first-order valence-electron chi connectivity index (χ1n) is 9.11. The molecule has 1 aromatic heterocycles. The molecule has 0 amide bonds. The largest absolute Gasteiger partial charge is 0.419 e. The second kappa shape index (κ2) is 7.38. The lowest BCUT2D eigenvalue weighted by molar-refractivity contribution is 0.0708. The standard InChI is InChI=1S/C18H28N4O4S/c1-13-11-21(12-14(2)22(13)9-8-19(3)4)27(24,25)15-6-7-16-17(10-15)26-18(23)20(16)5/h6-7,10,13-14H,8-9,11-12H2,1-5H3. The first kappa shape index (κ1) is 20.1. The summed E-state index contributed by atoms with van der Waals surface area (Å²) >= 11 is 0. The number of rotatable bonds is 5. The molecule has 3 rings (SSSR count). The van der Waals surface area contributed by atoms with Crippen LogP contribution in [0.4, 0.5) is 0 Å². The Labute approximate surface area is 160 Å². The molecule has 1 saturated heterocycles. The van der Waals surface area contributed by atoms with Gasteiger partial charge in [0.25, 0.3) is 0 Å². The van der Waals surface area contributed by atoms with E-state index >= 15 is 0 Å². The molecule has 9 heteroatoms. The Hall–Kier alpha value is -1.68. The van der Waals surface area contributed by atoms with Crippen LogP contribution in [0.3, 0.4) is 0 Å². The summed E-state index contributed by atoms with van der Waals surface area (Å²) in [7, 11) is 2.01. The van der Waals surface area contributed by atoms with Crippen LogP contribution in [0.15, 0.2) is 32.3 Å². The number of benzene rings is 1. The highest BCUT2D eigenvalue weighted by atomic mass is 32.2. The molecule has 2 heterocycles. The summed E-state index contributed by atoms with van der Waals surface area (Å²) in [5.41, 5.74) is 0.864. The number of oxazole rings is 1. The summed E-state index contributed by atoms with van der Waals surface area (Å²) in [5, 5.41) is 0. The minimum atomic E-state index is -3.65. The molecule has 150 valence electrons. The van der Waals surface area contributed by atoms with Crippen molar-refractivity contribution in [3.8, 4) is 0 Å². The molecule has 8 nitrogen and oxygen atoms in total. The molecule has 1 aliphatic rings. The second-order valence-corrected chi connectivity index (χ2v) is 9.56. The SMILES string of the molecule is CC1CN(S(=O)(=O)c2ccc3c(c2)oc(=O)n3C)CC(C)N1CCN(C)C. The van der Waals surface area contributed by atoms with Gasteiger partial charge in [-0.2, -0.15) is 4.31 Å². The normalized spacial score (nSPS) is 22.7. The van der Waals surface area contributed by atoms with E-state index in [-0.39, 0.29) is 22.6 Å².